The number of carboxylic acids is 1. The van der Waals surface area contributed by atoms with Crippen LogP contribution in [0.1, 0.15) is 34.8 Å². The molecule has 0 amide bonds. The minimum absolute atomic E-state index is 0.259. The number of aromatic carboxylic acids is 1. The van der Waals surface area contributed by atoms with E-state index < -0.39 is 5.97 Å². The average Bonchev–Trinajstić information content (AvgIpc) is 2.64. The Balaban J connectivity index is 2.29. The fraction of sp³-hybridized carbons (Fsp3) is 0.615. The van der Waals surface area contributed by atoms with Crippen LogP contribution in [0.5, 0.6) is 5.75 Å². The highest BCUT2D eigenvalue weighted by Crippen LogP contribution is 2.28. The molecule has 1 rings (SSSR count). The van der Waals surface area contributed by atoms with Crippen LogP contribution in [-0.2, 0) is 4.74 Å². The molecule has 18 heavy (non-hydrogen) atoms. The van der Waals surface area contributed by atoms with E-state index in [9.17, 15) is 4.79 Å². The lowest BCUT2D eigenvalue weighted by molar-refractivity contribution is 0.0689. The van der Waals surface area contributed by atoms with Gasteiger partial charge < -0.3 is 14.6 Å². The van der Waals surface area contributed by atoms with Gasteiger partial charge in [-0.15, -0.1) is 11.3 Å². The minimum Gasteiger partial charge on any atom is -0.489 e. The summed E-state index contributed by atoms with van der Waals surface area (Å²) in [5, 5.41) is 8.98. The fourth-order valence-electron chi connectivity index (χ4n) is 1.38. The SMILES string of the molecule is Cc1cc(OCCOCCC(C)C)c(C(=O)O)s1. The molecule has 0 radical (unpaired) electrons. The predicted octanol–water partition coefficient (Wildman–Crippen LogP) is 3.20. The molecule has 4 nitrogen and oxygen atoms in total. The third-order valence-corrected chi connectivity index (χ3v) is 3.36. The molecule has 0 aliphatic carbocycles. The van der Waals surface area contributed by atoms with E-state index in [4.69, 9.17) is 14.6 Å². The molecule has 0 unspecified atom stereocenters. The van der Waals surface area contributed by atoms with Crippen LogP contribution in [0.25, 0.3) is 0 Å². The molecular weight excluding hydrogens is 252 g/mol. The minimum atomic E-state index is -0.941. The molecule has 1 aromatic heterocycles. The largest absolute Gasteiger partial charge is 0.489 e. The van der Waals surface area contributed by atoms with Crippen LogP contribution in [-0.4, -0.2) is 30.9 Å². The molecular formula is C13H20O4S. The summed E-state index contributed by atoms with van der Waals surface area (Å²) in [7, 11) is 0. The van der Waals surface area contributed by atoms with Gasteiger partial charge in [0.25, 0.3) is 0 Å². The number of carboxylic acid groups (broad SMARTS) is 1. The molecule has 0 spiro atoms. The van der Waals surface area contributed by atoms with E-state index in [1.165, 1.54) is 11.3 Å². The smallest absolute Gasteiger partial charge is 0.349 e. The number of thiophene rings is 1. The van der Waals surface area contributed by atoms with Crippen molar-refractivity contribution in [3.63, 3.8) is 0 Å². The normalized spacial score (nSPS) is 10.9. The van der Waals surface area contributed by atoms with Crippen LogP contribution in [0.3, 0.4) is 0 Å². The fourth-order valence-corrected chi connectivity index (χ4v) is 2.17. The van der Waals surface area contributed by atoms with Gasteiger partial charge in [-0.1, -0.05) is 13.8 Å². The van der Waals surface area contributed by atoms with Crippen molar-refractivity contribution < 1.29 is 19.4 Å². The van der Waals surface area contributed by atoms with Crippen molar-refractivity contribution in [1.29, 1.82) is 0 Å². The second-order valence-corrected chi connectivity index (χ2v) is 5.76. The number of ether oxygens (including phenoxy) is 2. The molecule has 0 atom stereocenters. The van der Waals surface area contributed by atoms with E-state index in [-0.39, 0.29) is 4.88 Å². The molecule has 0 aliphatic rings. The van der Waals surface area contributed by atoms with E-state index in [1.807, 2.05) is 6.92 Å². The molecule has 0 saturated carbocycles. The highest BCUT2D eigenvalue weighted by Gasteiger charge is 2.14. The van der Waals surface area contributed by atoms with Crippen LogP contribution >= 0.6 is 11.3 Å². The molecule has 1 N–H and O–H groups in total. The van der Waals surface area contributed by atoms with Gasteiger partial charge in [0, 0.05) is 11.5 Å². The van der Waals surface area contributed by atoms with Crippen LogP contribution < -0.4 is 4.74 Å². The van der Waals surface area contributed by atoms with Gasteiger partial charge >= 0.3 is 5.97 Å². The summed E-state index contributed by atoms with van der Waals surface area (Å²) in [5.41, 5.74) is 0. The Morgan fingerprint density at radius 3 is 2.72 bits per heavy atom. The Morgan fingerprint density at radius 1 is 1.39 bits per heavy atom. The summed E-state index contributed by atoms with van der Waals surface area (Å²) >= 11 is 1.23. The monoisotopic (exact) mass is 272 g/mol. The highest BCUT2D eigenvalue weighted by atomic mass is 32.1. The molecule has 1 heterocycles. The lowest BCUT2D eigenvalue weighted by atomic mass is 10.1. The van der Waals surface area contributed by atoms with Crippen LogP contribution in [0.2, 0.25) is 0 Å². The van der Waals surface area contributed by atoms with Crippen LogP contribution in [0.4, 0.5) is 0 Å². The molecule has 0 aliphatic heterocycles. The van der Waals surface area contributed by atoms with Crippen molar-refractivity contribution in [3.8, 4) is 5.75 Å². The Hall–Kier alpha value is -1.07. The first kappa shape index (κ1) is 15.0. The highest BCUT2D eigenvalue weighted by molar-refractivity contribution is 7.14. The molecule has 0 aromatic carbocycles. The molecule has 0 saturated heterocycles. The Morgan fingerprint density at radius 2 is 2.11 bits per heavy atom. The molecule has 102 valence electrons. The Kier molecular flexibility index (Phi) is 6.15. The summed E-state index contributed by atoms with van der Waals surface area (Å²) in [6.45, 7) is 7.74. The number of aryl methyl sites for hydroxylation is 1. The lowest BCUT2D eigenvalue weighted by Gasteiger charge is -2.07. The molecule has 5 heteroatoms. The number of hydrogen-bond acceptors (Lipinski definition) is 4. The van der Waals surface area contributed by atoms with Gasteiger partial charge in [-0.2, -0.15) is 0 Å². The summed E-state index contributed by atoms with van der Waals surface area (Å²) in [4.78, 5) is 12.1. The first-order chi connectivity index (χ1) is 8.50. The van der Waals surface area contributed by atoms with Gasteiger partial charge in [-0.05, 0) is 25.3 Å². The van der Waals surface area contributed by atoms with Crippen LogP contribution in [0.15, 0.2) is 6.07 Å². The first-order valence-electron chi connectivity index (χ1n) is 6.05. The van der Waals surface area contributed by atoms with E-state index in [0.717, 1.165) is 17.9 Å². The zero-order chi connectivity index (χ0) is 13.5. The van der Waals surface area contributed by atoms with Gasteiger partial charge in [0.05, 0.1) is 6.61 Å². The van der Waals surface area contributed by atoms with Crippen molar-refractivity contribution >= 4 is 17.3 Å². The van der Waals surface area contributed by atoms with Gasteiger partial charge in [0.15, 0.2) is 4.88 Å². The summed E-state index contributed by atoms with van der Waals surface area (Å²) in [5.74, 6) is 0.130. The summed E-state index contributed by atoms with van der Waals surface area (Å²) < 4.78 is 10.8. The van der Waals surface area contributed by atoms with Gasteiger partial charge in [-0.25, -0.2) is 4.79 Å². The first-order valence-corrected chi connectivity index (χ1v) is 6.86. The standard InChI is InChI=1S/C13H20O4S/c1-9(2)4-5-16-6-7-17-11-8-10(3)18-12(11)13(14)15/h8-9H,4-7H2,1-3H3,(H,14,15). The predicted molar refractivity (Wildman–Crippen MR) is 71.8 cm³/mol. The van der Waals surface area contributed by atoms with E-state index >= 15 is 0 Å². The second-order valence-electron chi connectivity index (χ2n) is 4.50. The molecule has 0 bridgehead atoms. The zero-order valence-electron chi connectivity index (χ0n) is 11.1. The number of rotatable bonds is 8. The lowest BCUT2D eigenvalue weighted by Crippen LogP contribution is -2.09. The van der Waals surface area contributed by atoms with E-state index in [1.54, 1.807) is 6.07 Å². The maximum atomic E-state index is 10.9. The van der Waals surface area contributed by atoms with Gasteiger partial charge in [-0.3, -0.25) is 0 Å². The zero-order valence-corrected chi connectivity index (χ0v) is 11.9. The quantitative estimate of drug-likeness (QED) is 0.738. The van der Waals surface area contributed by atoms with Gasteiger partial charge in [0.1, 0.15) is 12.4 Å². The topological polar surface area (TPSA) is 55.8 Å². The maximum Gasteiger partial charge on any atom is 0.349 e. The molecule has 1 aromatic rings. The number of hydrogen-bond donors (Lipinski definition) is 1. The van der Waals surface area contributed by atoms with Gasteiger partial charge in [0.2, 0.25) is 0 Å². The average molecular weight is 272 g/mol. The third-order valence-electron chi connectivity index (χ3n) is 2.34. The van der Waals surface area contributed by atoms with Crippen molar-refractivity contribution in [1.82, 2.24) is 0 Å². The van der Waals surface area contributed by atoms with Crippen molar-refractivity contribution in [2.45, 2.75) is 27.2 Å². The van der Waals surface area contributed by atoms with Crippen LogP contribution in [0, 0.1) is 12.8 Å². The van der Waals surface area contributed by atoms with Crippen molar-refractivity contribution in [2.75, 3.05) is 19.8 Å². The number of carbonyl (C=O) groups is 1. The summed E-state index contributed by atoms with van der Waals surface area (Å²) in [6, 6.07) is 1.75. The Bertz CT molecular complexity index is 384. The second kappa shape index (κ2) is 7.38. The summed E-state index contributed by atoms with van der Waals surface area (Å²) in [6.07, 6.45) is 1.03. The molecule has 0 fully saturated rings. The van der Waals surface area contributed by atoms with Crippen molar-refractivity contribution in [3.05, 3.63) is 15.8 Å². The maximum absolute atomic E-state index is 10.9. The van der Waals surface area contributed by atoms with E-state index in [0.29, 0.717) is 24.9 Å². The Labute approximate surface area is 112 Å². The van der Waals surface area contributed by atoms with E-state index in [2.05, 4.69) is 13.8 Å². The van der Waals surface area contributed by atoms with Crippen molar-refractivity contribution in [2.24, 2.45) is 5.92 Å². The third kappa shape index (κ3) is 5.06.